The lowest BCUT2D eigenvalue weighted by atomic mass is 10.1. The van der Waals surface area contributed by atoms with Gasteiger partial charge in [-0.25, -0.2) is 4.98 Å². The predicted octanol–water partition coefficient (Wildman–Crippen LogP) is 3.92. The fourth-order valence-electron chi connectivity index (χ4n) is 1.93. The van der Waals surface area contributed by atoms with Crippen molar-refractivity contribution in [1.29, 1.82) is 0 Å². The highest BCUT2D eigenvalue weighted by molar-refractivity contribution is 7.15. The van der Waals surface area contributed by atoms with Crippen LogP contribution in [0.1, 0.15) is 30.0 Å². The van der Waals surface area contributed by atoms with Crippen molar-refractivity contribution in [3.8, 4) is 10.4 Å². The highest BCUT2D eigenvalue weighted by Crippen LogP contribution is 2.27. The first-order valence-electron chi connectivity index (χ1n) is 6.31. The lowest BCUT2D eigenvalue weighted by molar-refractivity contribution is 0.587. The lowest BCUT2D eigenvalue weighted by Gasteiger charge is -2.04. The van der Waals surface area contributed by atoms with Crippen LogP contribution in [0.2, 0.25) is 0 Å². The molecular weight excluding hydrogens is 240 g/mol. The number of hydrogen-bond donors (Lipinski definition) is 1. The van der Waals surface area contributed by atoms with Crippen molar-refractivity contribution in [2.24, 2.45) is 0 Å². The van der Waals surface area contributed by atoms with E-state index in [1.54, 1.807) is 11.3 Å². The van der Waals surface area contributed by atoms with Crippen LogP contribution in [0.4, 0.5) is 0 Å². The molecule has 0 atom stereocenters. The molecule has 96 valence electrons. The van der Waals surface area contributed by atoms with Gasteiger partial charge in [0.05, 0.1) is 4.88 Å². The molecule has 1 aromatic carbocycles. The molecule has 1 N–H and O–H groups in total. The van der Waals surface area contributed by atoms with Gasteiger partial charge in [-0.2, -0.15) is 0 Å². The largest absolute Gasteiger partial charge is 0.308 e. The van der Waals surface area contributed by atoms with Gasteiger partial charge < -0.3 is 5.32 Å². The quantitative estimate of drug-likeness (QED) is 0.901. The number of thiazole rings is 1. The monoisotopic (exact) mass is 260 g/mol. The first-order chi connectivity index (χ1) is 8.54. The van der Waals surface area contributed by atoms with Crippen molar-refractivity contribution >= 4 is 11.3 Å². The summed E-state index contributed by atoms with van der Waals surface area (Å²) in [5.74, 6) is 0. The minimum Gasteiger partial charge on any atom is -0.308 e. The predicted molar refractivity (Wildman–Crippen MR) is 79.0 cm³/mol. The van der Waals surface area contributed by atoms with Gasteiger partial charge in [0.1, 0.15) is 5.01 Å². The second kappa shape index (κ2) is 5.63. The average molecular weight is 260 g/mol. The van der Waals surface area contributed by atoms with Crippen LogP contribution in [0.25, 0.3) is 10.4 Å². The van der Waals surface area contributed by atoms with Crippen LogP contribution in [-0.2, 0) is 6.54 Å². The van der Waals surface area contributed by atoms with Crippen molar-refractivity contribution in [1.82, 2.24) is 10.3 Å². The molecule has 0 spiro atoms. The van der Waals surface area contributed by atoms with E-state index in [-0.39, 0.29) is 0 Å². The summed E-state index contributed by atoms with van der Waals surface area (Å²) in [6.45, 7) is 9.43. The van der Waals surface area contributed by atoms with Crippen molar-refractivity contribution < 1.29 is 0 Å². The summed E-state index contributed by atoms with van der Waals surface area (Å²) in [4.78, 5) is 5.73. The molecule has 1 aromatic heterocycles. The molecule has 0 amide bonds. The maximum atomic E-state index is 4.48. The van der Waals surface area contributed by atoms with Gasteiger partial charge in [0.15, 0.2) is 0 Å². The zero-order chi connectivity index (χ0) is 13.1. The molecule has 0 saturated carbocycles. The zero-order valence-corrected chi connectivity index (χ0v) is 12.3. The topological polar surface area (TPSA) is 24.9 Å². The zero-order valence-electron chi connectivity index (χ0n) is 11.4. The number of benzene rings is 1. The normalized spacial score (nSPS) is 11.2. The lowest BCUT2D eigenvalue weighted by Crippen LogP contribution is -2.21. The van der Waals surface area contributed by atoms with E-state index in [1.165, 1.54) is 21.6 Å². The molecule has 0 aliphatic heterocycles. The number of hydrogen-bond acceptors (Lipinski definition) is 3. The molecule has 0 unspecified atom stereocenters. The van der Waals surface area contributed by atoms with Gasteiger partial charge in [-0.1, -0.05) is 43.2 Å². The maximum Gasteiger partial charge on any atom is 0.107 e. The van der Waals surface area contributed by atoms with Crippen LogP contribution in [0, 0.1) is 13.8 Å². The van der Waals surface area contributed by atoms with Crippen LogP contribution in [-0.4, -0.2) is 11.0 Å². The van der Waals surface area contributed by atoms with Crippen molar-refractivity contribution in [3.05, 3.63) is 40.5 Å². The van der Waals surface area contributed by atoms with Gasteiger partial charge >= 0.3 is 0 Å². The second-order valence-corrected chi connectivity index (χ2v) is 6.15. The summed E-state index contributed by atoms with van der Waals surface area (Å²) < 4.78 is 0. The summed E-state index contributed by atoms with van der Waals surface area (Å²) in [6, 6.07) is 7.14. The Kier molecular flexibility index (Phi) is 4.15. The summed E-state index contributed by atoms with van der Waals surface area (Å²) >= 11 is 1.77. The van der Waals surface area contributed by atoms with E-state index in [4.69, 9.17) is 0 Å². The highest BCUT2D eigenvalue weighted by atomic mass is 32.1. The third-order valence-electron chi connectivity index (χ3n) is 2.72. The van der Waals surface area contributed by atoms with Gasteiger partial charge in [0.25, 0.3) is 0 Å². The summed E-state index contributed by atoms with van der Waals surface area (Å²) in [5, 5.41) is 4.55. The van der Waals surface area contributed by atoms with E-state index < -0.39 is 0 Å². The standard InChI is InChI=1S/C15H20N2S/c1-10(2)16-9-15-17-8-14(18-15)13-6-11(3)5-12(4)7-13/h5-8,10,16H,9H2,1-4H3. The van der Waals surface area contributed by atoms with Crippen LogP contribution in [0.15, 0.2) is 24.4 Å². The smallest absolute Gasteiger partial charge is 0.107 e. The molecule has 3 heteroatoms. The van der Waals surface area contributed by atoms with Gasteiger partial charge in [-0.05, 0) is 19.4 Å². The van der Waals surface area contributed by atoms with E-state index in [0.29, 0.717) is 6.04 Å². The highest BCUT2D eigenvalue weighted by Gasteiger charge is 2.06. The molecule has 0 bridgehead atoms. The second-order valence-electron chi connectivity index (χ2n) is 5.03. The molecule has 2 aromatic rings. The molecule has 2 nitrogen and oxygen atoms in total. The Morgan fingerprint density at radius 3 is 2.44 bits per heavy atom. The molecule has 0 fully saturated rings. The molecule has 18 heavy (non-hydrogen) atoms. The van der Waals surface area contributed by atoms with Crippen LogP contribution < -0.4 is 5.32 Å². The Labute approximate surface area is 113 Å². The van der Waals surface area contributed by atoms with E-state index in [1.807, 2.05) is 6.20 Å². The van der Waals surface area contributed by atoms with Crippen LogP contribution in [0.3, 0.4) is 0 Å². The maximum absolute atomic E-state index is 4.48. The number of nitrogens with one attached hydrogen (secondary N) is 1. The van der Waals surface area contributed by atoms with Gasteiger partial charge in [-0.3, -0.25) is 0 Å². The summed E-state index contributed by atoms with van der Waals surface area (Å²) in [7, 11) is 0. The molecule has 0 saturated heterocycles. The first-order valence-corrected chi connectivity index (χ1v) is 7.13. The van der Waals surface area contributed by atoms with Crippen molar-refractivity contribution in [2.75, 3.05) is 0 Å². The van der Waals surface area contributed by atoms with Crippen molar-refractivity contribution in [3.63, 3.8) is 0 Å². The van der Waals surface area contributed by atoms with Gasteiger partial charge in [0.2, 0.25) is 0 Å². The molecule has 2 rings (SSSR count). The summed E-state index contributed by atoms with van der Waals surface area (Å²) in [6.07, 6.45) is 1.98. The van der Waals surface area contributed by atoms with Crippen LogP contribution in [0.5, 0.6) is 0 Å². The van der Waals surface area contributed by atoms with Gasteiger partial charge in [-0.15, -0.1) is 11.3 Å². The van der Waals surface area contributed by atoms with E-state index >= 15 is 0 Å². The Bertz CT molecular complexity index is 509. The first kappa shape index (κ1) is 13.2. The number of rotatable bonds is 4. The number of aryl methyl sites for hydroxylation is 2. The SMILES string of the molecule is Cc1cc(C)cc(-c2cnc(CNC(C)C)s2)c1. The molecule has 1 heterocycles. The fourth-order valence-corrected chi connectivity index (χ4v) is 2.79. The number of nitrogens with zero attached hydrogens (tertiary/aromatic N) is 1. The van der Waals surface area contributed by atoms with Crippen molar-refractivity contribution in [2.45, 2.75) is 40.3 Å². The summed E-state index contributed by atoms with van der Waals surface area (Å²) in [5.41, 5.74) is 3.89. The molecule has 0 aliphatic rings. The average Bonchev–Trinajstić information content (AvgIpc) is 2.73. The van der Waals surface area contributed by atoms with E-state index in [2.05, 4.69) is 56.2 Å². The Balaban J connectivity index is 2.18. The molecular formula is C15H20N2S. The third-order valence-corrected chi connectivity index (χ3v) is 3.77. The molecule has 0 aliphatic carbocycles. The number of aromatic nitrogens is 1. The van der Waals surface area contributed by atoms with Crippen LogP contribution >= 0.6 is 11.3 Å². The molecule has 0 radical (unpaired) electrons. The van der Waals surface area contributed by atoms with Gasteiger partial charge in [0, 0.05) is 18.8 Å². The third kappa shape index (κ3) is 3.40. The Morgan fingerprint density at radius 1 is 1.17 bits per heavy atom. The Hall–Kier alpha value is -1.19. The minimum absolute atomic E-state index is 0.499. The van der Waals surface area contributed by atoms with E-state index in [9.17, 15) is 0 Å². The minimum atomic E-state index is 0.499. The fraction of sp³-hybridized carbons (Fsp3) is 0.400. The Morgan fingerprint density at radius 2 is 1.83 bits per heavy atom. The van der Waals surface area contributed by atoms with E-state index in [0.717, 1.165) is 11.6 Å².